The van der Waals surface area contributed by atoms with Gasteiger partial charge in [-0.3, -0.25) is 13.9 Å². The quantitative estimate of drug-likeness (QED) is 0.428. The van der Waals surface area contributed by atoms with E-state index in [1.165, 1.54) is 24.1 Å². The minimum atomic E-state index is -4.10. The van der Waals surface area contributed by atoms with Crippen LogP contribution < -0.4 is 9.62 Å². The first kappa shape index (κ1) is 28.2. The van der Waals surface area contributed by atoms with Crippen LogP contribution in [0.15, 0.2) is 71.6 Å². The maximum atomic E-state index is 13.8. The van der Waals surface area contributed by atoms with Gasteiger partial charge >= 0.3 is 0 Å². The summed E-state index contributed by atoms with van der Waals surface area (Å²) in [5, 5.41) is 3.01. The molecule has 0 spiro atoms. The van der Waals surface area contributed by atoms with E-state index in [1.807, 2.05) is 26.8 Å². The van der Waals surface area contributed by atoms with E-state index in [0.29, 0.717) is 16.3 Å². The van der Waals surface area contributed by atoms with Crippen LogP contribution in [0.1, 0.15) is 29.2 Å². The average Bonchev–Trinajstić information content (AvgIpc) is 2.87. The van der Waals surface area contributed by atoms with Gasteiger partial charge in [-0.05, 0) is 74.7 Å². The number of carbonyl (C=O) groups is 2. The van der Waals surface area contributed by atoms with Gasteiger partial charge in [0.15, 0.2) is 0 Å². The lowest BCUT2D eigenvalue weighted by Gasteiger charge is -2.32. The molecule has 2 amide bonds. The maximum Gasteiger partial charge on any atom is 0.264 e. The van der Waals surface area contributed by atoms with E-state index in [0.717, 1.165) is 21.0 Å². The molecule has 3 aromatic rings. The first-order chi connectivity index (χ1) is 17.4. The number of hydrogen-bond acceptors (Lipinski definition) is 4. The first-order valence-corrected chi connectivity index (χ1v) is 13.7. The Morgan fingerprint density at radius 1 is 0.946 bits per heavy atom. The minimum Gasteiger partial charge on any atom is -0.357 e. The molecule has 0 aliphatic heterocycles. The zero-order valence-corrected chi connectivity index (χ0v) is 23.2. The van der Waals surface area contributed by atoms with Gasteiger partial charge in [0.05, 0.1) is 10.6 Å². The Hall–Kier alpha value is -3.36. The number of rotatable bonds is 9. The second kappa shape index (κ2) is 11.8. The van der Waals surface area contributed by atoms with Crippen molar-refractivity contribution in [2.75, 3.05) is 17.9 Å². The Kier molecular flexibility index (Phi) is 8.99. The summed E-state index contributed by atoms with van der Waals surface area (Å²) in [6.45, 7) is 6.83. The number of aryl methyl sites for hydroxylation is 3. The summed E-state index contributed by atoms with van der Waals surface area (Å²) in [6.07, 6.45) is 0. The van der Waals surface area contributed by atoms with Crippen molar-refractivity contribution in [1.82, 2.24) is 10.2 Å². The highest BCUT2D eigenvalue weighted by Crippen LogP contribution is 2.27. The SMILES string of the molecule is CNC(=O)[C@@H](C)N(Cc1ccccc1Cl)C(=O)CN(c1ccc(C)c(C)c1)S(=O)(=O)c1ccc(C)cc1. The van der Waals surface area contributed by atoms with Crippen molar-refractivity contribution in [3.05, 3.63) is 94.0 Å². The molecular weight excluding hydrogens is 510 g/mol. The van der Waals surface area contributed by atoms with Crippen LogP contribution >= 0.6 is 11.6 Å². The third-order valence-corrected chi connectivity index (χ3v) is 8.54. The summed E-state index contributed by atoms with van der Waals surface area (Å²) in [7, 11) is -2.62. The number of amides is 2. The van der Waals surface area contributed by atoms with Crippen molar-refractivity contribution >= 4 is 39.1 Å². The lowest BCUT2D eigenvalue weighted by Crippen LogP contribution is -2.50. The molecule has 0 fully saturated rings. The second-order valence-corrected chi connectivity index (χ2v) is 11.3. The van der Waals surface area contributed by atoms with Gasteiger partial charge < -0.3 is 10.2 Å². The number of benzene rings is 3. The van der Waals surface area contributed by atoms with Crippen molar-refractivity contribution < 1.29 is 18.0 Å². The molecule has 3 aromatic carbocycles. The van der Waals surface area contributed by atoms with Crippen molar-refractivity contribution in [3.8, 4) is 0 Å². The van der Waals surface area contributed by atoms with Crippen LogP contribution in [-0.4, -0.2) is 44.8 Å². The number of anilines is 1. The van der Waals surface area contributed by atoms with Crippen LogP contribution in [-0.2, 0) is 26.2 Å². The highest BCUT2D eigenvalue weighted by atomic mass is 35.5. The molecule has 196 valence electrons. The fourth-order valence-electron chi connectivity index (χ4n) is 3.85. The van der Waals surface area contributed by atoms with Crippen LogP contribution in [0.25, 0.3) is 0 Å². The number of hydrogen-bond donors (Lipinski definition) is 1. The maximum absolute atomic E-state index is 13.8. The van der Waals surface area contributed by atoms with Gasteiger partial charge in [0.2, 0.25) is 11.8 Å². The molecular formula is C28H32ClN3O4S. The number of nitrogens with one attached hydrogen (secondary N) is 1. The topological polar surface area (TPSA) is 86.8 Å². The van der Waals surface area contributed by atoms with E-state index < -0.39 is 28.5 Å². The van der Waals surface area contributed by atoms with E-state index in [1.54, 1.807) is 55.5 Å². The average molecular weight is 542 g/mol. The molecule has 0 heterocycles. The minimum absolute atomic E-state index is 0.0401. The molecule has 0 radical (unpaired) electrons. The Balaban J connectivity index is 2.07. The normalized spacial score (nSPS) is 12.1. The fourth-order valence-corrected chi connectivity index (χ4v) is 5.45. The standard InChI is InChI=1S/C28H32ClN3O4S/c1-19-10-14-25(15-11-19)37(35,36)32(24-13-12-20(2)21(3)16-24)18-27(33)31(22(4)28(34)30-5)17-23-8-6-7-9-26(23)29/h6-16,22H,17-18H2,1-5H3,(H,30,34)/t22-/m1/s1. The lowest BCUT2D eigenvalue weighted by molar-refractivity contribution is -0.139. The van der Waals surface area contributed by atoms with Gasteiger partial charge in [0.1, 0.15) is 12.6 Å². The Bertz CT molecular complexity index is 1390. The van der Waals surface area contributed by atoms with Gasteiger partial charge in [-0.2, -0.15) is 0 Å². The predicted molar refractivity (Wildman–Crippen MR) is 147 cm³/mol. The lowest BCUT2D eigenvalue weighted by atomic mass is 10.1. The van der Waals surface area contributed by atoms with E-state index in [4.69, 9.17) is 11.6 Å². The van der Waals surface area contributed by atoms with Crippen molar-refractivity contribution in [1.29, 1.82) is 0 Å². The van der Waals surface area contributed by atoms with Crippen LogP contribution in [0.3, 0.4) is 0 Å². The predicted octanol–water partition coefficient (Wildman–Crippen LogP) is 4.62. The van der Waals surface area contributed by atoms with Crippen LogP contribution in [0.4, 0.5) is 5.69 Å². The van der Waals surface area contributed by atoms with Crippen LogP contribution in [0.5, 0.6) is 0 Å². The van der Waals surface area contributed by atoms with Crippen molar-refractivity contribution in [3.63, 3.8) is 0 Å². The zero-order valence-electron chi connectivity index (χ0n) is 21.7. The van der Waals surface area contributed by atoms with Crippen molar-refractivity contribution in [2.24, 2.45) is 0 Å². The van der Waals surface area contributed by atoms with Gasteiger partial charge in [-0.15, -0.1) is 0 Å². The van der Waals surface area contributed by atoms with Gasteiger partial charge in [-0.25, -0.2) is 8.42 Å². The summed E-state index contributed by atoms with van der Waals surface area (Å²) in [6, 6.07) is 17.9. The van der Waals surface area contributed by atoms with E-state index in [-0.39, 0.29) is 17.3 Å². The third-order valence-electron chi connectivity index (χ3n) is 6.38. The molecule has 37 heavy (non-hydrogen) atoms. The Morgan fingerprint density at radius 3 is 2.19 bits per heavy atom. The second-order valence-electron chi connectivity index (χ2n) is 9.00. The van der Waals surface area contributed by atoms with Crippen molar-refractivity contribution in [2.45, 2.75) is 45.2 Å². The van der Waals surface area contributed by atoms with E-state index in [2.05, 4.69) is 5.32 Å². The molecule has 1 atom stereocenters. The third kappa shape index (κ3) is 6.50. The zero-order chi connectivity index (χ0) is 27.3. The molecule has 9 heteroatoms. The van der Waals surface area contributed by atoms with Crippen LogP contribution in [0.2, 0.25) is 5.02 Å². The molecule has 1 N–H and O–H groups in total. The number of nitrogens with zero attached hydrogens (tertiary/aromatic N) is 2. The fraction of sp³-hybridized carbons (Fsp3) is 0.286. The number of carbonyl (C=O) groups excluding carboxylic acids is 2. The molecule has 0 aromatic heterocycles. The molecule has 0 saturated carbocycles. The molecule has 0 unspecified atom stereocenters. The number of likely N-dealkylation sites (N-methyl/N-ethyl adjacent to an activating group) is 1. The van der Waals surface area contributed by atoms with E-state index in [9.17, 15) is 18.0 Å². The number of sulfonamides is 1. The summed E-state index contributed by atoms with van der Waals surface area (Å²) >= 11 is 6.35. The van der Waals surface area contributed by atoms with Gasteiger partial charge in [0, 0.05) is 18.6 Å². The summed E-state index contributed by atoms with van der Waals surface area (Å²) in [5.74, 6) is -0.913. The molecule has 0 aliphatic carbocycles. The first-order valence-electron chi connectivity index (χ1n) is 11.9. The summed E-state index contributed by atoms with van der Waals surface area (Å²) in [4.78, 5) is 27.8. The largest absolute Gasteiger partial charge is 0.357 e. The summed E-state index contributed by atoms with van der Waals surface area (Å²) in [5.41, 5.74) is 3.81. The Labute approximate surface area is 224 Å². The Morgan fingerprint density at radius 2 is 1.59 bits per heavy atom. The van der Waals surface area contributed by atoms with E-state index >= 15 is 0 Å². The summed E-state index contributed by atoms with van der Waals surface area (Å²) < 4.78 is 28.8. The highest BCUT2D eigenvalue weighted by molar-refractivity contribution is 7.92. The molecule has 0 aliphatic rings. The number of halogens is 1. The van der Waals surface area contributed by atoms with Gasteiger partial charge in [0.25, 0.3) is 10.0 Å². The highest BCUT2D eigenvalue weighted by Gasteiger charge is 2.32. The van der Waals surface area contributed by atoms with Crippen LogP contribution in [0, 0.1) is 20.8 Å². The smallest absolute Gasteiger partial charge is 0.264 e. The molecule has 0 bridgehead atoms. The molecule has 7 nitrogen and oxygen atoms in total. The monoisotopic (exact) mass is 541 g/mol. The molecule has 3 rings (SSSR count). The molecule has 0 saturated heterocycles. The van der Waals surface area contributed by atoms with Gasteiger partial charge in [-0.1, -0.05) is 53.6 Å².